The second-order valence-electron chi connectivity index (χ2n) is 5.00. The third-order valence-corrected chi connectivity index (χ3v) is 5.14. The van der Waals surface area contributed by atoms with Gasteiger partial charge in [-0.25, -0.2) is 12.8 Å². The fourth-order valence-electron chi connectivity index (χ4n) is 2.14. The predicted molar refractivity (Wildman–Crippen MR) is 72.4 cm³/mol. The molecule has 0 unspecified atom stereocenters. The summed E-state index contributed by atoms with van der Waals surface area (Å²) in [7, 11) is -3.06. The molecule has 108 valence electrons. The third kappa shape index (κ3) is 3.26. The molecule has 20 heavy (non-hydrogen) atoms. The van der Waals surface area contributed by atoms with Crippen molar-refractivity contribution in [2.24, 2.45) is 0 Å². The maximum Gasteiger partial charge on any atom is 0.150 e. The van der Waals surface area contributed by atoms with Crippen LogP contribution in [0.2, 0.25) is 0 Å². The monoisotopic (exact) mass is 298 g/mol. The van der Waals surface area contributed by atoms with Crippen LogP contribution in [0.15, 0.2) is 18.2 Å². The van der Waals surface area contributed by atoms with Gasteiger partial charge in [0.2, 0.25) is 0 Å². The molecule has 1 aromatic rings. The Bertz CT molecular complexity index is 638. The van der Waals surface area contributed by atoms with Crippen molar-refractivity contribution >= 4 is 15.5 Å². The molecule has 0 aromatic heterocycles. The fourth-order valence-corrected chi connectivity index (χ4v) is 3.73. The molecule has 1 saturated heterocycles. The Morgan fingerprint density at radius 3 is 2.65 bits per heavy atom. The summed E-state index contributed by atoms with van der Waals surface area (Å²) >= 11 is 0. The standard InChI is InChI=1S/C13H15FN2O3S/c14-11-2-1-3-12(10(11)8-15)16-9-13(17)4-6-20(18,19)7-5-13/h1-3,16-17H,4-7,9H2. The predicted octanol–water partition coefficient (Wildman–Crippen LogP) is 1.05. The number of sulfone groups is 1. The van der Waals surface area contributed by atoms with Gasteiger partial charge in [0.05, 0.1) is 22.8 Å². The molecule has 1 aliphatic rings. The number of nitrogens with zero attached hydrogens (tertiary/aromatic N) is 1. The van der Waals surface area contributed by atoms with Crippen molar-refractivity contribution in [1.29, 1.82) is 5.26 Å². The van der Waals surface area contributed by atoms with Gasteiger partial charge in [0.25, 0.3) is 0 Å². The van der Waals surface area contributed by atoms with Crippen LogP contribution in [0.4, 0.5) is 10.1 Å². The van der Waals surface area contributed by atoms with Crippen LogP contribution in [0.3, 0.4) is 0 Å². The summed E-state index contributed by atoms with van der Waals surface area (Å²) in [5.41, 5.74) is -0.960. The van der Waals surface area contributed by atoms with Gasteiger partial charge in [-0.1, -0.05) is 6.07 Å². The van der Waals surface area contributed by atoms with E-state index in [1.54, 1.807) is 12.1 Å². The summed E-state index contributed by atoms with van der Waals surface area (Å²) in [6, 6.07) is 5.96. The van der Waals surface area contributed by atoms with Crippen molar-refractivity contribution < 1.29 is 17.9 Å². The second kappa shape index (κ2) is 5.38. The number of nitriles is 1. The van der Waals surface area contributed by atoms with Gasteiger partial charge >= 0.3 is 0 Å². The van der Waals surface area contributed by atoms with Crippen LogP contribution < -0.4 is 5.32 Å². The summed E-state index contributed by atoms with van der Waals surface area (Å²) in [6.07, 6.45) is 0.277. The van der Waals surface area contributed by atoms with Crippen molar-refractivity contribution in [1.82, 2.24) is 0 Å². The lowest BCUT2D eigenvalue weighted by molar-refractivity contribution is 0.0436. The number of aliphatic hydroxyl groups is 1. The van der Waals surface area contributed by atoms with Crippen LogP contribution >= 0.6 is 0 Å². The minimum Gasteiger partial charge on any atom is -0.388 e. The number of benzene rings is 1. The van der Waals surface area contributed by atoms with Gasteiger partial charge in [-0.15, -0.1) is 0 Å². The lowest BCUT2D eigenvalue weighted by Gasteiger charge is -2.32. The third-order valence-electron chi connectivity index (χ3n) is 3.49. The molecule has 0 radical (unpaired) electrons. The van der Waals surface area contributed by atoms with Crippen molar-refractivity contribution in [3.63, 3.8) is 0 Å². The van der Waals surface area contributed by atoms with E-state index in [4.69, 9.17) is 5.26 Å². The molecule has 2 rings (SSSR count). The summed E-state index contributed by atoms with van der Waals surface area (Å²) in [4.78, 5) is 0. The van der Waals surface area contributed by atoms with Gasteiger partial charge in [0.15, 0.2) is 9.84 Å². The zero-order valence-electron chi connectivity index (χ0n) is 10.8. The molecule has 0 saturated carbocycles. The van der Waals surface area contributed by atoms with E-state index in [1.165, 1.54) is 12.1 Å². The van der Waals surface area contributed by atoms with Crippen molar-refractivity contribution in [3.8, 4) is 6.07 Å². The van der Waals surface area contributed by atoms with Crippen LogP contribution in [0, 0.1) is 17.1 Å². The summed E-state index contributed by atoms with van der Waals surface area (Å²) in [5.74, 6) is -0.741. The quantitative estimate of drug-likeness (QED) is 0.870. The van der Waals surface area contributed by atoms with Crippen LogP contribution in [-0.4, -0.2) is 37.2 Å². The SMILES string of the molecule is N#Cc1c(F)cccc1NCC1(O)CCS(=O)(=O)CC1. The van der Waals surface area contributed by atoms with Crippen molar-refractivity contribution in [3.05, 3.63) is 29.6 Å². The normalized spacial score (nSPS) is 20.1. The van der Waals surface area contributed by atoms with Crippen molar-refractivity contribution in [2.75, 3.05) is 23.4 Å². The number of hydrogen-bond donors (Lipinski definition) is 2. The van der Waals surface area contributed by atoms with E-state index in [1.807, 2.05) is 0 Å². The van der Waals surface area contributed by atoms with Gasteiger partial charge in [-0.2, -0.15) is 5.26 Å². The first-order chi connectivity index (χ1) is 9.35. The smallest absolute Gasteiger partial charge is 0.150 e. The highest BCUT2D eigenvalue weighted by molar-refractivity contribution is 7.91. The Hall–Kier alpha value is -1.65. The number of anilines is 1. The van der Waals surface area contributed by atoms with E-state index in [0.717, 1.165) is 0 Å². The summed E-state index contributed by atoms with van der Waals surface area (Å²) < 4.78 is 36.1. The van der Waals surface area contributed by atoms with Crippen LogP contribution in [-0.2, 0) is 9.84 Å². The molecule has 0 aliphatic carbocycles. The van der Waals surface area contributed by atoms with E-state index >= 15 is 0 Å². The Kier molecular flexibility index (Phi) is 3.97. The van der Waals surface area contributed by atoms with Crippen molar-refractivity contribution in [2.45, 2.75) is 18.4 Å². The molecule has 0 spiro atoms. The Balaban J connectivity index is 2.07. The van der Waals surface area contributed by atoms with E-state index < -0.39 is 21.3 Å². The van der Waals surface area contributed by atoms with E-state index in [2.05, 4.69) is 5.32 Å². The Labute approximate surface area is 117 Å². The average Bonchev–Trinajstić information content (AvgIpc) is 2.41. The molecular formula is C13H15FN2O3S. The fraction of sp³-hybridized carbons (Fsp3) is 0.462. The topological polar surface area (TPSA) is 90.2 Å². The summed E-state index contributed by atoms with van der Waals surface area (Å²) in [6.45, 7) is 0.0840. The zero-order valence-corrected chi connectivity index (χ0v) is 11.6. The first kappa shape index (κ1) is 14.8. The zero-order chi connectivity index (χ0) is 14.8. The number of rotatable bonds is 3. The maximum absolute atomic E-state index is 13.4. The minimum absolute atomic E-state index is 0.0561. The second-order valence-corrected chi connectivity index (χ2v) is 7.31. The molecule has 5 nitrogen and oxygen atoms in total. The average molecular weight is 298 g/mol. The highest BCUT2D eigenvalue weighted by Crippen LogP contribution is 2.25. The van der Waals surface area contributed by atoms with Gasteiger partial charge in [-0.3, -0.25) is 0 Å². The minimum atomic E-state index is -3.06. The number of nitrogens with one attached hydrogen (secondary N) is 1. The van der Waals surface area contributed by atoms with Crippen LogP contribution in [0.25, 0.3) is 0 Å². The Morgan fingerprint density at radius 2 is 2.05 bits per heavy atom. The molecule has 1 aliphatic heterocycles. The van der Waals surface area contributed by atoms with E-state index in [9.17, 15) is 17.9 Å². The largest absolute Gasteiger partial charge is 0.388 e. The van der Waals surface area contributed by atoms with E-state index in [-0.39, 0.29) is 36.5 Å². The number of hydrogen-bond acceptors (Lipinski definition) is 5. The van der Waals surface area contributed by atoms with Gasteiger partial charge in [-0.05, 0) is 25.0 Å². The maximum atomic E-state index is 13.4. The number of halogens is 1. The molecule has 2 N–H and O–H groups in total. The lowest BCUT2D eigenvalue weighted by Crippen LogP contribution is -2.44. The first-order valence-corrected chi connectivity index (χ1v) is 8.03. The highest BCUT2D eigenvalue weighted by atomic mass is 32.2. The van der Waals surface area contributed by atoms with Crippen LogP contribution in [0.1, 0.15) is 18.4 Å². The molecule has 1 fully saturated rings. The summed E-state index contributed by atoms with van der Waals surface area (Å²) in [5, 5.41) is 22.0. The molecule has 1 aromatic carbocycles. The van der Waals surface area contributed by atoms with Gasteiger partial charge < -0.3 is 10.4 Å². The van der Waals surface area contributed by atoms with E-state index in [0.29, 0.717) is 5.69 Å². The van der Waals surface area contributed by atoms with Crippen LogP contribution in [0.5, 0.6) is 0 Å². The highest BCUT2D eigenvalue weighted by Gasteiger charge is 2.35. The lowest BCUT2D eigenvalue weighted by atomic mass is 9.96. The van der Waals surface area contributed by atoms with Gasteiger partial charge in [0.1, 0.15) is 17.4 Å². The molecule has 0 bridgehead atoms. The first-order valence-electron chi connectivity index (χ1n) is 6.21. The van der Waals surface area contributed by atoms with Gasteiger partial charge in [0, 0.05) is 6.54 Å². The molecule has 0 amide bonds. The molecular weight excluding hydrogens is 283 g/mol. The molecule has 0 atom stereocenters. The molecule has 1 heterocycles. The molecule has 7 heteroatoms. The Morgan fingerprint density at radius 1 is 1.40 bits per heavy atom.